The van der Waals surface area contributed by atoms with E-state index in [4.69, 9.17) is 0 Å². The summed E-state index contributed by atoms with van der Waals surface area (Å²) in [5.41, 5.74) is 1.24. The van der Waals surface area contributed by atoms with Crippen LogP contribution in [0.1, 0.15) is 18.6 Å². The van der Waals surface area contributed by atoms with Gasteiger partial charge in [-0.05, 0) is 26.1 Å². The molecule has 0 bridgehead atoms. The fraction of sp³-hybridized carbons (Fsp3) is 0.538. The number of likely N-dealkylation sites (N-methyl/N-ethyl adjacent to an activating group) is 1. The van der Waals surface area contributed by atoms with Crippen LogP contribution < -0.4 is 4.90 Å². The van der Waals surface area contributed by atoms with Gasteiger partial charge in [0.2, 0.25) is 0 Å². The highest BCUT2D eigenvalue weighted by atomic mass is 19.1. The number of anilines is 1. The van der Waals surface area contributed by atoms with E-state index in [-0.39, 0.29) is 5.82 Å². The van der Waals surface area contributed by atoms with Crippen molar-refractivity contribution in [2.24, 2.45) is 0 Å². The van der Waals surface area contributed by atoms with Crippen molar-refractivity contribution >= 4 is 5.69 Å². The summed E-state index contributed by atoms with van der Waals surface area (Å²) in [6.45, 7) is 5.29. The number of nitrogens with zero attached hydrogens (tertiary/aromatic N) is 2. The lowest BCUT2D eigenvalue weighted by Gasteiger charge is -2.35. The number of aliphatic hydroxyl groups excluding tert-OH is 1. The van der Waals surface area contributed by atoms with E-state index in [0.29, 0.717) is 5.56 Å². The van der Waals surface area contributed by atoms with Crippen LogP contribution in [-0.2, 0) is 0 Å². The standard InChI is InChI=1S/C13H19FN2O/c1-10(17)13-11(14)4-3-5-12(13)16-8-6-15(2)7-9-16/h3-5,10,17H,6-9H2,1-2H3/t10-/m1/s1. The van der Waals surface area contributed by atoms with Crippen molar-refractivity contribution in [2.75, 3.05) is 38.1 Å². The van der Waals surface area contributed by atoms with E-state index < -0.39 is 6.10 Å². The fourth-order valence-electron chi connectivity index (χ4n) is 2.26. The van der Waals surface area contributed by atoms with Gasteiger partial charge >= 0.3 is 0 Å². The second-order valence-corrected chi connectivity index (χ2v) is 4.64. The molecule has 1 aliphatic rings. The summed E-state index contributed by atoms with van der Waals surface area (Å²) in [5.74, 6) is -0.323. The Kier molecular flexibility index (Phi) is 3.64. The predicted octanol–water partition coefficient (Wildman–Crippen LogP) is 1.63. The molecule has 1 fully saturated rings. The lowest BCUT2D eigenvalue weighted by Crippen LogP contribution is -2.45. The number of piperazine rings is 1. The zero-order chi connectivity index (χ0) is 12.4. The Balaban J connectivity index is 2.28. The maximum atomic E-state index is 13.7. The van der Waals surface area contributed by atoms with Crippen molar-refractivity contribution in [1.82, 2.24) is 4.90 Å². The predicted molar refractivity (Wildman–Crippen MR) is 66.7 cm³/mol. The average Bonchev–Trinajstić information content (AvgIpc) is 2.29. The summed E-state index contributed by atoms with van der Waals surface area (Å²) in [6, 6.07) is 4.99. The lowest BCUT2D eigenvalue weighted by atomic mass is 10.1. The molecule has 1 aromatic carbocycles. The van der Waals surface area contributed by atoms with E-state index in [2.05, 4.69) is 16.8 Å². The minimum atomic E-state index is -0.772. The molecular weight excluding hydrogens is 219 g/mol. The second kappa shape index (κ2) is 5.02. The highest BCUT2D eigenvalue weighted by molar-refractivity contribution is 5.55. The van der Waals surface area contributed by atoms with E-state index in [9.17, 15) is 9.50 Å². The Morgan fingerprint density at radius 2 is 1.88 bits per heavy atom. The number of aliphatic hydroxyl groups is 1. The molecule has 0 amide bonds. The van der Waals surface area contributed by atoms with E-state index in [1.54, 1.807) is 13.0 Å². The van der Waals surface area contributed by atoms with Gasteiger partial charge in [0.1, 0.15) is 5.82 Å². The molecule has 1 atom stereocenters. The van der Waals surface area contributed by atoms with Crippen LogP contribution in [0.5, 0.6) is 0 Å². The molecule has 1 N–H and O–H groups in total. The first-order valence-electron chi connectivity index (χ1n) is 5.99. The first kappa shape index (κ1) is 12.3. The largest absolute Gasteiger partial charge is 0.389 e. The molecule has 0 unspecified atom stereocenters. The van der Waals surface area contributed by atoms with Crippen LogP contribution in [0.2, 0.25) is 0 Å². The molecule has 0 aromatic heterocycles. The van der Waals surface area contributed by atoms with Crippen LogP contribution >= 0.6 is 0 Å². The van der Waals surface area contributed by atoms with Crippen molar-refractivity contribution in [1.29, 1.82) is 0 Å². The van der Waals surface area contributed by atoms with Gasteiger partial charge in [-0.15, -0.1) is 0 Å². The highest BCUT2D eigenvalue weighted by Gasteiger charge is 2.20. The zero-order valence-corrected chi connectivity index (χ0v) is 10.4. The minimum absolute atomic E-state index is 0.323. The van der Waals surface area contributed by atoms with Gasteiger partial charge in [-0.1, -0.05) is 6.07 Å². The minimum Gasteiger partial charge on any atom is -0.389 e. The Bertz CT molecular complexity index is 387. The van der Waals surface area contributed by atoms with Crippen LogP contribution in [0.3, 0.4) is 0 Å². The fourth-order valence-corrected chi connectivity index (χ4v) is 2.26. The van der Waals surface area contributed by atoms with Crippen LogP contribution in [0, 0.1) is 5.82 Å². The Labute approximate surface area is 101 Å². The van der Waals surface area contributed by atoms with Gasteiger partial charge < -0.3 is 14.9 Å². The van der Waals surface area contributed by atoms with Crippen molar-refractivity contribution < 1.29 is 9.50 Å². The Hall–Kier alpha value is -1.13. The third kappa shape index (κ3) is 2.58. The van der Waals surface area contributed by atoms with Gasteiger partial charge in [0.25, 0.3) is 0 Å². The van der Waals surface area contributed by atoms with Gasteiger partial charge in [0.15, 0.2) is 0 Å². The number of rotatable bonds is 2. The second-order valence-electron chi connectivity index (χ2n) is 4.64. The molecule has 94 valence electrons. The smallest absolute Gasteiger partial charge is 0.131 e. The quantitative estimate of drug-likeness (QED) is 0.848. The monoisotopic (exact) mass is 238 g/mol. The first-order chi connectivity index (χ1) is 8.09. The molecule has 1 aromatic rings. The molecule has 1 heterocycles. The van der Waals surface area contributed by atoms with Gasteiger partial charge in [-0.2, -0.15) is 0 Å². The topological polar surface area (TPSA) is 26.7 Å². The maximum Gasteiger partial charge on any atom is 0.131 e. The third-order valence-corrected chi connectivity index (χ3v) is 3.29. The van der Waals surface area contributed by atoms with E-state index in [1.807, 2.05) is 6.07 Å². The number of hydrogen-bond acceptors (Lipinski definition) is 3. The van der Waals surface area contributed by atoms with Gasteiger partial charge in [0.05, 0.1) is 6.10 Å². The molecule has 1 saturated heterocycles. The normalized spacial score (nSPS) is 19.4. The number of benzene rings is 1. The van der Waals surface area contributed by atoms with Gasteiger partial charge in [-0.3, -0.25) is 0 Å². The molecule has 2 rings (SSSR count). The summed E-state index contributed by atoms with van der Waals surface area (Å²) < 4.78 is 13.7. The molecule has 0 saturated carbocycles. The average molecular weight is 238 g/mol. The zero-order valence-electron chi connectivity index (χ0n) is 10.4. The summed E-state index contributed by atoms with van der Waals surface area (Å²) in [4.78, 5) is 4.39. The molecular formula is C13H19FN2O. The molecule has 0 aliphatic carbocycles. The first-order valence-corrected chi connectivity index (χ1v) is 5.99. The Morgan fingerprint density at radius 1 is 1.24 bits per heavy atom. The van der Waals surface area contributed by atoms with Crippen LogP contribution in [-0.4, -0.2) is 43.2 Å². The third-order valence-electron chi connectivity index (χ3n) is 3.29. The van der Waals surface area contributed by atoms with Crippen molar-refractivity contribution in [3.63, 3.8) is 0 Å². The summed E-state index contributed by atoms with van der Waals surface area (Å²) in [5, 5.41) is 9.69. The Morgan fingerprint density at radius 3 is 2.47 bits per heavy atom. The molecule has 3 nitrogen and oxygen atoms in total. The van der Waals surface area contributed by atoms with Crippen molar-refractivity contribution in [3.05, 3.63) is 29.6 Å². The van der Waals surface area contributed by atoms with Crippen LogP contribution in [0.25, 0.3) is 0 Å². The van der Waals surface area contributed by atoms with Crippen LogP contribution in [0.15, 0.2) is 18.2 Å². The molecule has 4 heteroatoms. The number of halogens is 1. The summed E-state index contributed by atoms with van der Waals surface area (Å²) >= 11 is 0. The van der Waals surface area contributed by atoms with E-state index >= 15 is 0 Å². The van der Waals surface area contributed by atoms with E-state index in [0.717, 1.165) is 31.9 Å². The molecule has 0 spiro atoms. The maximum absolute atomic E-state index is 13.7. The lowest BCUT2D eigenvalue weighted by molar-refractivity contribution is 0.194. The SMILES string of the molecule is C[C@@H](O)c1c(F)cccc1N1CCN(C)CC1. The van der Waals surface area contributed by atoms with Crippen molar-refractivity contribution in [2.45, 2.75) is 13.0 Å². The molecule has 1 aliphatic heterocycles. The van der Waals surface area contributed by atoms with Gasteiger partial charge in [0, 0.05) is 37.4 Å². The number of hydrogen-bond donors (Lipinski definition) is 1. The molecule has 17 heavy (non-hydrogen) atoms. The van der Waals surface area contributed by atoms with E-state index in [1.165, 1.54) is 6.07 Å². The highest BCUT2D eigenvalue weighted by Crippen LogP contribution is 2.29. The summed E-state index contributed by atoms with van der Waals surface area (Å²) in [6.07, 6.45) is -0.772. The molecule has 0 radical (unpaired) electrons. The van der Waals surface area contributed by atoms with Crippen LogP contribution in [0.4, 0.5) is 10.1 Å². The summed E-state index contributed by atoms with van der Waals surface area (Å²) in [7, 11) is 2.08. The van der Waals surface area contributed by atoms with Gasteiger partial charge in [-0.25, -0.2) is 4.39 Å². The van der Waals surface area contributed by atoms with Crippen molar-refractivity contribution in [3.8, 4) is 0 Å².